The van der Waals surface area contributed by atoms with Crippen molar-refractivity contribution >= 4 is 23.0 Å². The highest BCUT2D eigenvalue weighted by molar-refractivity contribution is 7.12. The van der Waals surface area contributed by atoms with Crippen LogP contribution < -0.4 is 5.32 Å². The van der Waals surface area contributed by atoms with Crippen molar-refractivity contribution in [3.05, 3.63) is 51.5 Å². The Morgan fingerprint density at radius 1 is 1.36 bits per heavy atom. The Hall–Kier alpha value is -2.23. The normalized spacial score (nSPS) is 17.5. The summed E-state index contributed by atoms with van der Waals surface area (Å²) in [6, 6.07) is 3.73. The van der Waals surface area contributed by atoms with E-state index in [0.717, 1.165) is 12.1 Å². The summed E-state index contributed by atoms with van der Waals surface area (Å²) in [7, 11) is 0. The van der Waals surface area contributed by atoms with Crippen molar-refractivity contribution in [2.45, 2.75) is 19.4 Å². The van der Waals surface area contributed by atoms with Gasteiger partial charge in [0.25, 0.3) is 0 Å². The third-order valence-electron chi connectivity index (χ3n) is 4.57. The molecule has 1 aromatic heterocycles. The lowest BCUT2D eigenvalue weighted by Crippen LogP contribution is -2.40. The predicted octanol–water partition coefficient (Wildman–Crippen LogP) is 2.49. The number of morpholine rings is 1. The minimum Gasteiger partial charge on any atom is -0.371 e. The third-order valence-corrected chi connectivity index (χ3v) is 5.54. The maximum absolute atomic E-state index is 13.4. The molecule has 1 amide bonds. The number of Topliss-reactive ketones (excluding diaryl/α,β-unsaturated/α-hetero) is 1. The minimum absolute atomic E-state index is 0.0531. The molecule has 1 aliphatic rings. The zero-order valence-corrected chi connectivity index (χ0v) is 16.2. The van der Waals surface area contributed by atoms with Crippen molar-refractivity contribution in [3.8, 4) is 0 Å². The molecule has 3 rings (SSSR count). The first-order chi connectivity index (χ1) is 13.4. The molecule has 1 N–H and O–H groups in total. The van der Waals surface area contributed by atoms with Crippen LogP contribution >= 0.6 is 11.3 Å². The summed E-state index contributed by atoms with van der Waals surface area (Å²) in [6.07, 6.45) is -0.137. The topological polar surface area (TPSA) is 71.5 Å². The van der Waals surface area contributed by atoms with Gasteiger partial charge in [0.2, 0.25) is 5.91 Å². The van der Waals surface area contributed by atoms with Crippen molar-refractivity contribution in [1.29, 1.82) is 0 Å². The number of amides is 1. The molecule has 0 radical (unpaired) electrons. The number of benzene rings is 1. The molecule has 1 aliphatic heterocycles. The second-order valence-electron chi connectivity index (χ2n) is 6.55. The van der Waals surface area contributed by atoms with Crippen LogP contribution in [-0.4, -0.2) is 54.4 Å². The van der Waals surface area contributed by atoms with Crippen LogP contribution in [0.3, 0.4) is 0 Å². The zero-order valence-electron chi connectivity index (χ0n) is 15.4. The standard InChI is InChI=1S/C19H21F2N3O3S/c1-12-19(28-11-23-12)16(25)9-22-18(26)4-5-24-6-7-27-17(10-24)13-2-3-14(20)15(21)8-13/h2-3,8,11,17H,4-7,9-10H2,1H3,(H,22,26). The first-order valence-electron chi connectivity index (χ1n) is 8.93. The summed E-state index contributed by atoms with van der Waals surface area (Å²) in [4.78, 5) is 30.7. The SMILES string of the molecule is Cc1ncsc1C(=O)CNC(=O)CCN1CCOC(c2ccc(F)c(F)c2)C1. The fraction of sp³-hybridized carbons (Fsp3) is 0.421. The number of thiazole rings is 1. The van der Waals surface area contributed by atoms with Gasteiger partial charge in [-0.2, -0.15) is 0 Å². The largest absolute Gasteiger partial charge is 0.371 e. The van der Waals surface area contributed by atoms with E-state index >= 15 is 0 Å². The number of nitrogens with zero attached hydrogens (tertiary/aromatic N) is 2. The summed E-state index contributed by atoms with van der Waals surface area (Å²) >= 11 is 1.26. The second kappa shape index (κ2) is 9.31. The smallest absolute Gasteiger partial charge is 0.221 e. The number of carbonyl (C=O) groups is 2. The number of ether oxygens (including phenoxy) is 1. The summed E-state index contributed by atoms with van der Waals surface area (Å²) in [5.41, 5.74) is 2.84. The summed E-state index contributed by atoms with van der Waals surface area (Å²) in [6.45, 7) is 3.76. The van der Waals surface area contributed by atoms with Gasteiger partial charge in [-0.05, 0) is 24.6 Å². The molecule has 0 aliphatic carbocycles. The maximum Gasteiger partial charge on any atom is 0.221 e. The summed E-state index contributed by atoms with van der Waals surface area (Å²) in [5.74, 6) is -2.17. The number of ketones is 1. The van der Waals surface area contributed by atoms with Crippen molar-refractivity contribution in [2.75, 3.05) is 32.8 Å². The zero-order chi connectivity index (χ0) is 20.1. The van der Waals surface area contributed by atoms with Gasteiger partial charge < -0.3 is 10.1 Å². The number of hydrogen-bond acceptors (Lipinski definition) is 6. The van der Waals surface area contributed by atoms with Crippen molar-refractivity contribution < 1.29 is 23.1 Å². The Morgan fingerprint density at radius 3 is 2.89 bits per heavy atom. The van der Waals surface area contributed by atoms with Gasteiger partial charge in [0.05, 0.1) is 35.3 Å². The number of halogens is 2. The predicted molar refractivity (Wildman–Crippen MR) is 100 cm³/mol. The van der Waals surface area contributed by atoms with Gasteiger partial charge in [-0.3, -0.25) is 14.5 Å². The van der Waals surface area contributed by atoms with E-state index < -0.39 is 11.6 Å². The van der Waals surface area contributed by atoms with E-state index in [2.05, 4.69) is 10.3 Å². The average Bonchev–Trinajstić information content (AvgIpc) is 3.13. The third kappa shape index (κ3) is 5.18. The van der Waals surface area contributed by atoms with Crippen LogP contribution in [0.4, 0.5) is 8.78 Å². The van der Waals surface area contributed by atoms with Crippen molar-refractivity contribution in [3.63, 3.8) is 0 Å². The Bertz CT molecular complexity index is 859. The fourth-order valence-corrected chi connectivity index (χ4v) is 3.74. The van der Waals surface area contributed by atoms with E-state index in [1.54, 1.807) is 12.4 Å². The van der Waals surface area contributed by atoms with Crippen LogP contribution in [0, 0.1) is 18.6 Å². The molecule has 1 unspecified atom stereocenters. The molecular weight excluding hydrogens is 388 g/mol. The van der Waals surface area contributed by atoms with E-state index in [-0.39, 0.29) is 30.8 Å². The number of hydrogen-bond donors (Lipinski definition) is 1. The number of aryl methyl sites for hydroxylation is 1. The lowest BCUT2D eigenvalue weighted by Gasteiger charge is -2.33. The first kappa shape index (κ1) is 20.5. The molecule has 9 heteroatoms. The van der Waals surface area contributed by atoms with Crippen LogP contribution in [-0.2, 0) is 9.53 Å². The van der Waals surface area contributed by atoms with E-state index in [1.807, 2.05) is 4.90 Å². The monoisotopic (exact) mass is 409 g/mol. The molecule has 2 heterocycles. The molecule has 1 aromatic carbocycles. The molecule has 28 heavy (non-hydrogen) atoms. The van der Waals surface area contributed by atoms with Crippen LogP contribution in [0.25, 0.3) is 0 Å². The van der Waals surface area contributed by atoms with Gasteiger partial charge in [0.1, 0.15) is 0 Å². The molecule has 1 fully saturated rings. The quantitative estimate of drug-likeness (QED) is 0.712. The van der Waals surface area contributed by atoms with Gasteiger partial charge in [0, 0.05) is 26.1 Å². The van der Waals surface area contributed by atoms with Crippen LogP contribution in [0.15, 0.2) is 23.7 Å². The van der Waals surface area contributed by atoms with Gasteiger partial charge >= 0.3 is 0 Å². The van der Waals surface area contributed by atoms with Gasteiger partial charge in [-0.15, -0.1) is 11.3 Å². The van der Waals surface area contributed by atoms with Crippen LogP contribution in [0.5, 0.6) is 0 Å². The van der Waals surface area contributed by atoms with Crippen molar-refractivity contribution in [2.24, 2.45) is 0 Å². The molecule has 150 valence electrons. The number of carbonyl (C=O) groups excluding carboxylic acids is 2. The molecule has 1 atom stereocenters. The highest BCUT2D eigenvalue weighted by Gasteiger charge is 2.23. The van der Waals surface area contributed by atoms with Crippen LogP contribution in [0.2, 0.25) is 0 Å². The number of aromatic nitrogens is 1. The lowest BCUT2D eigenvalue weighted by atomic mass is 10.1. The Balaban J connectivity index is 1.45. The van der Waals surface area contributed by atoms with E-state index in [4.69, 9.17) is 4.74 Å². The van der Waals surface area contributed by atoms with Crippen LogP contribution in [0.1, 0.15) is 33.5 Å². The van der Waals surface area contributed by atoms with Gasteiger partial charge in [-0.1, -0.05) is 6.07 Å². The summed E-state index contributed by atoms with van der Waals surface area (Å²) in [5, 5.41) is 2.64. The van der Waals surface area contributed by atoms with E-state index in [9.17, 15) is 18.4 Å². The van der Waals surface area contributed by atoms with Crippen molar-refractivity contribution in [1.82, 2.24) is 15.2 Å². The fourth-order valence-electron chi connectivity index (χ4n) is 3.00. The molecular formula is C19H21F2N3O3S. The molecule has 0 saturated carbocycles. The molecule has 0 spiro atoms. The molecule has 0 bridgehead atoms. The number of rotatable bonds is 7. The number of nitrogens with one attached hydrogen (secondary N) is 1. The Labute approximate surface area is 165 Å². The van der Waals surface area contributed by atoms with Gasteiger partial charge in [-0.25, -0.2) is 13.8 Å². The highest BCUT2D eigenvalue weighted by Crippen LogP contribution is 2.23. The molecule has 6 nitrogen and oxygen atoms in total. The minimum atomic E-state index is -0.904. The van der Waals surface area contributed by atoms with E-state index in [0.29, 0.717) is 42.4 Å². The second-order valence-corrected chi connectivity index (χ2v) is 7.41. The highest BCUT2D eigenvalue weighted by atomic mass is 32.1. The Morgan fingerprint density at radius 2 is 2.18 bits per heavy atom. The first-order valence-corrected chi connectivity index (χ1v) is 9.81. The Kier molecular flexibility index (Phi) is 6.82. The maximum atomic E-state index is 13.4. The van der Waals surface area contributed by atoms with Gasteiger partial charge in [0.15, 0.2) is 17.4 Å². The average molecular weight is 409 g/mol. The van der Waals surface area contributed by atoms with E-state index in [1.165, 1.54) is 17.4 Å². The lowest BCUT2D eigenvalue weighted by molar-refractivity contribution is -0.121. The summed E-state index contributed by atoms with van der Waals surface area (Å²) < 4.78 is 32.2. The molecule has 2 aromatic rings. The molecule has 1 saturated heterocycles.